The maximum atomic E-state index is 13.5. The molecule has 2 fully saturated rings. The van der Waals surface area contributed by atoms with E-state index in [1.807, 2.05) is 17.0 Å². The van der Waals surface area contributed by atoms with Crippen molar-refractivity contribution in [1.29, 1.82) is 0 Å². The summed E-state index contributed by atoms with van der Waals surface area (Å²) in [5, 5.41) is 12.6. The first-order valence-corrected chi connectivity index (χ1v) is 13.7. The van der Waals surface area contributed by atoms with Gasteiger partial charge in [-0.15, -0.1) is 0 Å². The molecule has 0 aromatic heterocycles. The molecular weight excluding hydrogens is 450 g/mol. The van der Waals surface area contributed by atoms with Gasteiger partial charge in [0, 0.05) is 26.1 Å². The lowest BCUT2D eigenvalue weighted by Gasteiger charge is -2.51. The molecule has 36 heavy (non-hydrogen) atoms. The Kier molecular flexibility index (Phi) is 9.03. The van der Waals surface area contributed by atoms with E-state index in [1.54, 1.807) is 12.1 Å². The Labute approximate surface area is 215 Å². The standard InChI is InChI=1S/C30H41N3O3/c1-2-19-33-28(35)27(23-25-13-15-26(34)16-14-25)31-29(36)30(33)17-21-32(22-18-30)20-9-4-3-6-10-24-11-7-5-8-12-24/h5,7-8,11-16,27,34H,2-4,6,9-10,17-23H2,1H3,(H,31,36)/t27-/m0/s1. The van der Waals surface area contributed by atoms with Crippen molar-refractivity contribution >= 4 is 11.8 Å². The number of phenols is 1. The number of hydrogen-bond acceptors (Lipinski definition) is 4. The number of aromatic hydroxyl groups is 1. The summed E-state index contributed by atoms with van der Waals surface area (Å²) >= 11 is 0. The Bertz CT molecular complexity index is 984. The maximum Gasteiger partial charge on any atom is 0.246 e. The van der Waals surface area contributed by atoms with Gasteiger partial charge in [0.05, 0.1) is 0 Å². The lowest BCUT2D eigenvalue weighted by Crippen LogP contribution is -2.73. The second-order valence-corrected chi connectivity index (χ2v) is 10.4. The van der Waals surface area contributed by atoms with E-state index in [9.17, 15) is 14.7 Å². The third kappa shape index (κ3) is 6.28. The average Bonchev–Trinajstić information content (AvgIpc) is 2.90. The zero-order chi connectivity index (χ0) is 25.4. The number of nitrogens with zero attached hydrogens (tertiary/aromatic N) is 2. The van der Waals surface area contributed by atoms with E-state index < -0.39 is 11.6 Å². The number of rotatable bonds is 11. The number of benzene rings is 2. The SMILES string of the molecule is CCCN1C(=O)[C@H](Cc2ccc(O)cc2)NC(=O)C12CCN(CCCCCCc1ccccc1)CC2. The molecule has 0 saturated carbocycles. The predicted molar refractivity (Wildman–Crippen MR) is 143 cm³/mol. The van der Waals surface area contributed by atoms with Crippen molar-refractivity contribution < 1.29 is 14.7 Å². The molecule has 2 aliphatic rings. The largest absolute Gasteiger partial charge is 0.508 e. The molecule has 2 aromatic rings. The summed E-state index contributed by atoms with van der Waals surface area (Å²) < 4.78 is 0. The number of likely N-dealkylation sites (tertiary alicyclic amines) is 1. The number of piperazine rings is 1. The number of nitrogens with one attached hydrogen (secondary N) is 1. The van der Waals surface area contributed by atoms with Crippen LogP contribution in [-0.2, 0) is 22.4 Å². The van der Waals surface area contributed by atoms with E-state index in [1.165, 1.54) is 31.2 Å². The Morgan fingerprint density at radius 1 is 0.889 bits per heavy atom. The van der Waals surface area contributed by atoms with Crippen molar-refractivity contribution in [1.82, 2.24) is 15.1 Å². The summed E-state index contributed by atoms with van der Waals surface area (Å²) in [4.78, 5) is 31.3. The zero-order valence-corrected chi connectivity index (χ0v) is 21.6. The molecule has 2 heterocycles. The monoisotopic (exact) mass is 491 g/mol. The molecule has 6 nitrogen and oxygen atoms in total. The fraction of sp³-hybridized carbons (Fsp3) is 0.533. The lowest BCUT2D eigenvalue weighted by molar-refractivity contribution is -0.161. The molecule has 2 aromatic carbocycles. The molecule has 6 heteroatoms. The van der Waals surface area contributed by atoms with E-state index in [4.69, 9.17) is 0 Å². The molecule has 0 bridgehead atoms. The third-order valence-electron chi connectivity index (χ3n) is 7.85. The highest BCUT2D eigenvalue weighted by molar-refractivity contribution is 6.00. The Morgan fingerprint density at radius 2 is 1.58 bits per heavy atom. The molecule has 0 radical (unpaired) electrons. The van der Waals surface area contributed by atoms with Gasteiger partial charge in [0.2, 0.25) is 11.8 Å². The lowest BCUT2D eigenvalue weighted by atomic mass is 9.81. The smallest absolute Gasteiger partial charge is 0.246 e. The average molecular weight is 492 g/mol. The van der Waals surface area contributed by atoms with Crippen LogP contribution in [0.1, 0.15) is 63.0 Å². The summed E-state index contributed by atoms with van der Waals surface area (Å²) in [7, 11) is 0. The van der Waals surface area contributed by atoms with Crippen LogP contribution in [0.4, 0.5) is 0 Å². The van der Waals surface area contributed by atoms with Crippen molar-refractivity contribution in [2.24, 2.45) is 0 Å². The number of unbranched alkanes of at least 4 members (excludes halogenated alkanes) is 3. The van der Waals surface area contributed by atoms with E-state index >= 15 is 0 Å². The first-order chi connectivity index (χ1) is 17.5. The first-order valence-electron chi connectivity index (χ1n) is 13.7. The second kappa shape index (κ2) is 12.4. The van der Waals surface area contributed by atoms with Crippen molar-refractivity contribution in [3.05, 3.63) is 65.7 Å². The molecule has 1 atom stereocenters. The van der Waals surface area contributed by atoms with E-state index in [-0.39, 0.29) is 17.6 Å². The van der Waals surface area contributed by atoms with Gasteiger partial charge in [-0.25, -0.2) is 0 Å². The highest BCUT2D eigenvalue weighted by atomic mass is 16.3. The number of hydrogen-bond donors (Lipinski definition) is 2. The molecule has 1 spiro atoms. The Hall–Kier alpha value is -2.86. The van der Waals surface area contributed by atoms with E-state index in [0.29, 0.717) is 25.8 Å². The van der Waals surface area contributed by atoms with Gasteiger partial charge in [0.1, 0.15) is 17.3 Å². The van der Waals surface area contributed by atoms with E-state index in [2.05, 4.69) is 47.5 Å². The normalized spacial score (nSPS) is 20.0. The van der Waals surface area contributed by atoms with Crippen LogP contribution in [0.25, 0.3) is 0 Å². The van der Waals surface area contributed by atoms with Crippen LogP contribution in [0, 0.1) is 0 Å². The predicted octanol–water partition coefficient (Wildman–Crippen LogP) is 4.31. The molecule has 194 valence electrons. The second-order valence-electron chi connectivity index (χ2n) is 10.4. The molecule has 2 N–H and O–H groups in total. The summed E-state index contributed by atoms with van der Waals surface area (Å²) in [6, 6.07) is 17.0. The van der Waals surface area contributed by atoms with Gasteiger partial charge in [0.25, 0.3) is 0 Å². The fourth-order valence-corrected chi connectivity index (χ4v) is 5.74. The van der Waals surface area contributed by atoms with Crippen molar-refractivity contribution in [2.75, 3.05) is 26.2 Å². The van der Waals surface area contributed by atoms with Gasteiger partial charge in [-0.1, -0.05) is 62.2 Å². The highest BCUT2D eigenvalue weighted by Crippen LogP contribution is 2.34. The van der Waals surface area contributed by atoms with Crippen LogP contribution in [0.5, 0.6) is 5.75 Å². The molecular formula is C30H41N3O3. The minimum atomic E-state index is -0.718. The van der Waals surface area contributed by atoms with Crippen molar-refractivity contribution in [3.8, 4) is 5.75 Å². The van der Waals surface area contributed by atoms with Gasteiger partial charge < -0.3 is 20.2 Å². The van der Waals surface area contributed by atoms with Crippen LogP contribution in [-0.4, -0.2) is 64.5 Å². The number of carbonyl (C=O) groups is 2. The Morgan fingerprint density at radius 3 is 2.28 bits per heavy atom. The van der Waals surface area contributed by atoms with Gasteiger partial charge >= 0.3 is 0 Å². The van der Waals surface area contributed by atoms with Crippen molar-refractivity contribution in [3.63, 3.8) is 0 Å². The quantitative estimate of drug-likeness (QED) is 0.460. The van der Waals surface area contributed by atoms with Gasteiger partial charge in [-0.05, 0) is 68.3 Å². The van der Waals surface area contributed by atoms with Gasteiger partial charge in [0.15, 0.2) is 0 Å². The van der Waals surface area contributed by atoms with Crippen LogP contribution < -0.4 is 5.32 Å². The van der Waals surface area contributed by atoms with Gasteiger partial charge in [-0.2, -0.15) is 0 Å². The van der Waals surface area contributed by atoms with Crippen molar-refractivity contribution in [2.45, 2.75) is 76.3 Å². The molecule has 2 aliphatic heterocycles. The number of aryl methyl sites for hydroxylation is 1. The molecule has 2 amide bonds. The fourth-order valence-electron chi connectivity index (χ4n) is 5.74. The highest BCUT2D eigenvalue weighted by Gasteiger charge is 2.53. The minimum Gasteiger partial charge on any atom is -0.508 e. The molecule has 0 aliphatic carbocycles. The zero-order valence-electron chi connectivity index (χ0n) is 21.6. The molecule has 2 saturated heterocycles. The van der Waals surface area contributed by atoms with E-state index in [0.717, 1.165) is 38.0 Å². The summed E-state index contributed by atoms with van der Waals surface area (Å²) in [5.74, 6) is 0.222. The Balaban J connectivity index is 1.26. The summed E-state index contributed by atoms with van der Waals surface area (Å²) in [6.07, 6.45) is 8.71. The number of amides is 2. The number of carbonyl (C=O) groups excluding carboxylic acids is 2. The van der Waals surface area contributed by atoms with Crippen LogP contribution in [0.15, 0.2) is 54.6 Å². The molecule has 0 unspecified atom stereocenters. The maximum absolute atomic E-state index is 13.5. The number of phenolic OH excluding ortho intramolecular Hbond substituents is 1. The van der Waals surface area contributed by atoms with Crippen LogP contribution in [0.2, 0.25) is 0 Å². The third-order valence-corrected chi connectivity index (χ3v) is 7.85. The molecule has 4 rings (SSSR count). The van der Waals surface area contributed by atoms with Crippen LogP contribution >= 0.6 is 0 Å². The first kappa shape index (κ1) is 26.2. The summed E-state index contributed by atoms with van der Waals surface area (Å²) in [6.45, 7) is 5.45. The van der Waals surface area contributed by atoms with Crippen LogP contribution in [0.3, 0.4) is 0 Å². The topological polar surface area (TPSA) is 72.9 Å². The minimum absolute atomic E-state index is 0.000102. The number of piperidine rings is 1. The van der Waals surface area contributed by atoms with Gasteiger partial charge in [-0.3, -0.25) is 9.59 Å². The summed E-state index contributed by atoms with van der Waals surface area (Å²) in [5.41, 5.74) is 1.63.